The van der Waals surface area contributed by atoms with Crippen LogP contribution in [0.1, 0.15) is 67.0 Å². The lowest BCUT2D eigenvalue weighted by Gasteiger charge is -2.17. The number of alkyl halides is 2. The normalized spacial score (nSPS) is 16.9. The van der Waals surface area contributed by atoms with E-state index in [4.69, 9.17) is 4.74 Å². The summed E-state index contributed by atoms with van der Waals surface area (Å²) in [6.07, 6.45) is 10.7. The summed E-state index contributed by atoms with van der Waals surface area (Å²) in [5, 5.41) is 2.47. The molecule has 1 amide bonds. The number of carbonyl (C=O) groups is 1. The molecule has 3 aromatic heterocycles. The van der Waals surface area contributed by atoms with Crippen molar-refractivity contribution in [3.63, 3.8) is 0 Å². The van der Waals surface area contributed by atoms with E-state index in [0.717, 1.165) is 50.4 Å². The third kappa shape index (κ3) is 3.92. The van der Waals surface area contributed by atoms with Crippen molar-refractivity contribution < 1.29 is 18.3 Å². The first-order valence-electron chi connectivity index (χ1n) is 10.5. The van der Waals surface area contributed by atoms with Crippen LogP contribution >= 0.6 is 0 Å². The second-order valence-electron chi connectivity index (χ2n) is 8.15. The van der Waals surface area contributed by atoms with Gasteiger partial charge in [-0.15, -0.1) is 0 Å². The number of aromatic nitrogens is 3. The highest BCUT2D eigenvalue weighted by Gasteiger charge is 2.27. The molecule has 2 saturated carbocycles. The first-order valence-corrected chi connectivity index (χ1v) is 10.5. The molecule has 31 heavy (non-hydrogen) atoms. The van der Waals surface area contributed by atoms with Gasteiger partial charge in [0.25, 0.3) is 11.5 Å². The number of nitrogens with one attached hydrogen (secondary N) is 1. The number of amides is 1. The Morgan fingerprint density at radius 1 is 1.19 bits per heavy atom. The summed E-state index contributed by atoms with van der Waals surface area (Å²) in [7, 11) is 0. The Kier molecular flexibility index (Phi) is 4.95. The van der Waals surface area contributed by atoms with Crippen molar-refractivity contribution in [2.75, 3.05) is 5.32 Å². The lowest BCUT2D eigenvalue weighted by Crippen LogP contribution is -2.26. The third-order valence-electron chi connectivity index (χ3n) is 5.84. The van der Waals surface area contributed by atoms with Gasteiger partial charge in [-0.1, -0.05) is 0 Å². The lowest BCUT2D eigenvalue weighted by atomic mass is 10.2. The molecule has 1 N–H and O–H groups in total. The molecule has 162 valence electrons. The molecule has 2 fully saturated rings. The maximum absolute atomic E-state index is 13.1. The second-order valence-corrected chi connectivity index (χ2v) is 8.15. The van der Waals surface area contributed by atoms with Gasteiger partial charge in [-0.2, -0.15) is 8.78 Å². The molecule has 0 saturated heterocycles. The highest BCUT2D eigenvalue weighted by atomic mass is 19.3. The molecular weight excluding hydrogens is 406 g/mol. The van der Waals surface area contributed by atoms with Gasteiger partial charge in [0.1, 0.15) is 17.1 Å². The quantitative estimate of drug-likeness (QED) is 0.634. The van der Waals surface area contributed by atoms with Gasteiger partial charge in [0.05, 0.1) is 17.4 Å². The minimum atomic E-state index is -2.99. The molecule has 0 aliphatic heterocycles. The largest absolute Gasteiger partial charge is 0.489 e. The number of hydrogen-bond donors (Lipinski definition) is 1. The van der Waals surface area contributed by atoms with Crippen molar-refractivity contribution in [1.29, 1.82) is 0 Å². The van der Waals surface area contributed by atoms with Crippen molar-refractivity contribution in [2.45, 2.75) is 57.1 Å². The maximum Gasteiger partial charge on any atom is 0.321 e. The molecule has 0 unspecified atom stereocenters. The van der Waals surface area contributed by atoms with Gasteiger partial charge in [0.2, 0.25) is 0 Å². The minimum Gasteiger partial charge on any atom is -0.489 e. The van der Waals surface area contributed by atoms with E-state index in [9.17, 15) is 18.4 Å². The number of anilines is 1. The number of halogens is 2. The number of rotatable bonds is 6. The Bertz CT molecular complexity index is 1190. The summed E-state index contributed by atoms with van der Waals surface area (Å²) < 4.78 is 34.2. The Morgan fingerprint density at radius 2 is 1.97 bits per heavy atom. The van der Waals surface area contributed by atoms with E-state index < -0.39 is 18.0 Å². The van der Waals surface area contributed by atoms with Gasteiger partial charge < -0.3 is 14.5 Å². The Labute approximate surface area is 176 Å². The molecule has 0 atom stereocenters. The highest BCUT2D eigenvalue weighted by Crippen LogP contribution is 2.40. The molecule has 7 nitrogen and oxygen atoms in total. The van der Waals surface area contributed by atoms with Crippen molar-refractivity contribution in [1.82, 2.24) is 14.0 Å². The van der Waals surface area contributed by atoms with Gasteiger partial charge >= 0.3 is 6.55 Å². The summed E-state index contributed by atoms with van der Waals surface area (Å²) in [5.41, 5.74) is 0.706. The monoisotopic (exact) mass is 428 g/mol. The fourth-order valence-corrected chi connectivity index (χ4v) is 4.01. The summed E-state index contributed by atoms with van der Waals surface area (Å²) in [4.78, 5) is 30.0. The number of nitrogens with zero attached hydrogens (tertiary/aromatic N) is 3. The van der Waals surface area contributed by atoms with Crippen molar-refractivity contribution in [3.05, 3.63) is 58.4 Å². The second kappa shape index (κ2) is 7.79. The molecule has 9 heteroatoms. The fourth-order valence-electron chi connectivity index (χ4n) is 4.01. The summed E-state index contributed by atoms with van der Waals surface area (Å²) >= 11 is 0. The van der Waals surface area contributed by atoms with E-state index in [1.807, 2.05) is 6.20 Å². The average Bonchev–Trinajstić information content (AvgIpc) is 3.31. The third-order valence-corrected chi connectivity index (χ3v) is 5.84. The fraction of sp³-hybridized carbons (Fsp3) is 0.409. The van der Waals surface area contributed by atoms with Crippen LogP contribution < -0.4 is 15.6 Å². The van der Waals surface area contributed by atoms with Crippen LogP contribution in [0.3, 0.4) is 0 Å². The summed E-state index contributed by atoms with van der Waals surface area (Å²) in [6.45, 7) is -2.99. The molecule has 0 spiro atoms. The smallest absolute Gasteiger partial charge is 0.321 e. The van der Waals surface area contributed by atoms with Gasteiger partial charge in [-0.25, -0.2) is 4.98 Å². The van der Waals surface area contributed by atoms with E-state index in [-0.39, 0.29) is 21.9 Å². The van der Waals surface area contributed by atoms with E-state index in [0.29, 0.717) is 17.3 Å². The van der Waals surface area contributed by atoms with Gasteiger partial charge in [-0.3, -0.25) is 14.2 Å². The van der Waals surface area contributed by atoms with E-state index >= 15 is 0 Å². The van der Waals surface area contributed by atoms with Crippen molar-refractivity contribution >= 4 is 17.2 Å². The van der Waals surface area contributed by atoms with Crippen LogP contribution in [0.25, 0.3) is 5.65 Å². The Morgan fingerprint density at radius 3 is 2.68 bits per heavy atom. The zero-order valence-corrected chi connectivity index (χ0v) is 16.8. The van der Waals surface area contributed by atoms with Crippen LogP contribution in [0, 0.1) is 0 Å². The van der Waals surface area contributed by atoms with E-state index in [1.54, 1.807) is 16.7 Å². The van der Waals surface area contributed by atoms with Crippen molar-refractivity contribution in [2.24, 2.45) is 0 Å². The van der Waals surface area contributed by atoms with Crippen LogP contribution in [0.2, 0.25) is 0 Å². The minimum absolute atomic E-state index is 0.0136. The molecule has 5 rings (SSSR count). The van der Waals surface area contributed by atoms with Crippen LogP contribution in [0.4, 0.5) is 14.5 Å². The average molecular weight is 428 g/mol. The summed E-state index contributed by atoms with van der Waals surface area (Å²) in [6, 6.07) is 4.33. The summed E-state index contributed by atoms with van der Waals surface area (Å²) in [5.74, 6) is 0.240. The predicted octanol–water partition coefficient (Wildman–Crippen LogP) is 4.34. The molecule has 0 bridgehead atoms. The Hall–Kier alpha value is -3.23. The van der Waals surface area contributed by atoms with Crippen LogP contribution in [-0.4, -0.2) is 26.0 Å². The molecule has 2 aliphatic carbocycles. The number of carbonyl (C=O) groups excluding carboxylic acids is 1. The molecule has 3 heterocycles. The molecule has 0 aromatic carbocycles. The molecular formula is C22H22F2N4O3. The number of fused-ring (bicyclic) bond motifs is 1. The van der Waals surface area contributed by atoms with Crippen LogP contribution in [-0.2, 0) is 0 Å². The zero-order chi connectivity index (χ0) is 21.5. The first-order chi connectivity index (χ1) is 15.0. The molecule has 2 aliphatic rings. The number of hydrogen-bond acceptors (Lipinski definition) is 4. The van der Waals surface area contributed by atoms with Crippen LogP contribution in [0.5, 0.6) is 5.75 Å². The zero-order valence-electron chi connectivity index (χ0n) is 16.8. The van der Waals surface area contributed by atoms with Crippen LogP contribution in [0.15, 0.2) is 41.6 Å². The lowest BCUT2D eigenvalue weighted by molar-refractivity contribution is 0.0665. The van der Waals surface area contributed by atoms with Gasteiger partial charge in [-0.05, 0) is 50.7 Å². The topological polar surface area (TPSA) is 77.6 Å². The highest BCUT2D eigenvalue weighted by molar-refractivity contribution is 6.06. The first kappa shape index (κ1) is 19.7. The predicted molar refractivity (Wildman–Crippen MR) is 110 cm³/mol. The van der Waals surface area contributed by atoms with Gasteiger partial charge in [0.15, 0.2) is 0 Å². The van der Waals surface area contributed by atoms with E-state index in [1.165, 1.54) is 12.1 Å². The molecule has 3 aromatic rings. The number of pyridine rings is 2. The van der Waals surface area contributed by atoms with Gasteiger partial charge in [0, 0.05) is 30.6 Å². The standard InChI is InChI=1S/C22H22F2N4O3/c23-22(24)28-9-3-6-16(21(28)30)26-20(29)15-11-27-12-17(13-7-8-13)25-19(27)10-18(15)31-14-4-1-2-5-14/h3,6,9-14,22H,1-2,4-5,7-8H2,(H,26,29). The van der Waals surface area contributed by atoms with E-state index in [2.05, 4.69) is 10.3 Å². The molecule has 0 radical (unpaired) electrons. The number of ether oxygens (including phenoxy) is 1. The maximum atomic E-state index is 13.1. The Balaban J connectivity index is 1.51. The van der Waals surface area contributed by atoms with Crippen molar-refractivity contribution in [3.8, 4) is 5.75 Å². The SMILES string of the molecule is O=C(Nc1cccn(C(F)F)c1=O)c1cn2cc(C3CC3)nc2cc1OC1CCCC1. The number of imidazole rings is 1.